The molecule has 23 heavy (non-hydrogen) atoms. The zero-order valence-electron chi connectivity index (χ0n) is 12.1. The summed E-state index contributed by atoms with van der Waals surface area (Å²) in [6.07, 6.45) is -1.06. The van der Waals surface area contributed by atoms with Gasteiger partial charge in [0.15, 0.2) is 0 Å². The van der Waals surface area contributed by atoms with Crippen molar-refractivity contribution in [3.8, 4) is 0 Å². The maximum Gasteiger partial charge on any atom is 0.398 e. The zero-order chi connectivity index (χ0) is 16.4. The van der Waals surface area contributed by atoms with Gasteiger partial charge in [-0.15, -0.1) is 11.8 Å². The van der Waals surface area contributed by atoms with Gasteiger partial charge in [0.2, 0.25) is 0 Å². The number of hydrogen-bond donors (Lipinski definition) is 0. The summed E-state index contributed by atoms with van der Waals surface area (Å²) >= 11 is 0.751. The van der Waals surface area contributed by atoms with E-state index in [1.807, 2.05) is 18.2 Å². The molecule has 3 aromatic rings. The van der Waals surface area contributed by atoms with E-state index in [1.165, 1.54) is 6.21 Å². The van der Waals surface area contributed by atoms with Crippen molar-refractivity contribution < 1.29 is 13.2 Å². The molecule has 0 amide bonds. The summed E-state index contributed by atoms with van der Waals surface area (Å²) in [7, 11) is 1.59. The number of benzene rings is 1. The van der Waals surface area contributed by atoms with E-state index >= 15 is 0 Å². The third-order valence-electron chi connectivity index (χ3n) is 3.19. The Morgan fingerprint density at radius 2 is 2.04 bits per heavy atom. The Morgan fingerprint density at radius 3 is 2.78 bits per heavy atom. The second-order valence-corrected chi connectivity index (χ2v) is 5.89. The Bertz CT molecular complexity index is 891. The number of pyridine rings is 2. The highest BCUT2D eigenvalue weighted by molar-refractivity contribution is 7.99. The smallest absolute Gasteiger partial charge is 0.294 e. The molecule has 3 nitrogen and oxygen atoms in total. The van der Waals surface area contributed by atoms with Gasteiger partial charge in [-0.3, -0.25) is 9.98 Å². The number of alkyl halides is 3. The SMILES string of the molecule is CN=Cc1cc(SCC(F)(F)F)c2ccc3cccnc3c2n1. The molecule has 0 saturated carbocycles. The van der Waals surface area contributed by atoms with E-state index in [1.54, 1.807) is 25.4 Å². The van der Waals surface area contributed by atoms with Crippen LogP contribution in [0.5, 0.6) is 0 Å². The normalized spacial score (nSPS) is 12.5. The standard InChI is InChI=1S/C16H12F3N3S/c1-20-8-11-7-13(23-9-16(17,18)19)12-5-4-10-3-2-6-21-14(10)15(12)22-11/h2-8H,9H2,1H3. The van der Waals surface area contributed by atoms with Crippen LogP contribution in [-0.2, 0) is 0 Å². The lowest BCUT2D eigenvalue weighted by molar-refractivity contribution is -0.105. The highest BCUT2D eigenvalue weighted by Gasteiger charge is 2.27. The Kier molecular flexibility index (Phi) is 4.21. The first-order valence-electron chi connectivity index (χ1n) is 6.78. The second kappa shape index (κ2) is 6.16. The largest absolute Gasteiger partial charge is 0.398 e. The van der Waals surface area contributed by atoms with Crippen molar-refractivity contribution in [3.63, 3.8) is 0 Å². The molecule has 0 aliphatic heterocycles. The predicted molar refractivity (Wildman–Crippen MR) is 87.3 cm³/mol. The van der Waals surface area contributed by atoms with E-state index in [0.717, 1.165) is 17.1 Å². The van der Waals surface area contributed by atoms with Gasteiger partial charge in [0.1, 0.15) is 0 Å². The third-order valence-corrected chi connectivity index (χ3v) is 4.31. The lowest BCUT2D eigenvalue weighted by Crippen LogP contribution is -2.10. The van der Waals surface area contributed by atoms with Crippen LogP contribution in [0.15, 0.2) is 46.4 Å². The quantitative estimate of drug-likeness (QED) is 0.402. The van der Waals surface area contributed by atoms with E-state index < -0.39 is 11.9 Å². The molecule has 1 aromatic carbocycles. The predicted octanol–water partition coefficient (Wildman–Crippen LogP) is 4.49. The van der Waals surface area contributed by atoms with E-state index in [4.69, 9.17) is 0 Å². The minimum Gasteiger partial charge on any atom is -0.294 e. The van der Waals surface area contributed by atoms with Crippen molar-refractivity contribution in [2.45, 2.75) is 11.1 Å². The number of nitrogens with zero attached hydrogens (tertiary/aromatic N) is 3. The summed E-state index contributed by atoms with van der Waals surface area (Å²) in [6, 6.07) is 8.97. The fourth-order valence-corrected chi connectivity index (χ4v) is 3.14. The van der Waals surface area contributed by atoms with Gasteiger partial charge in [-0.05, 0) is 12.1 Å². The van der Waals surface area contributed by atoms with Gasteiger partial charge in [0.25, 0.3) is 0 Å². The molecule has 0 fully saturated rings. The number of aromatic nitrogens is 2. The maximum atomic E-state index is 12.6. The molecule has 0 N–H and O–H groups in total. The molecule has 0 saturated heterocycles. The van der Waals surface area contributed by atoms with Crippen molar-refractivity contribution in [2.24, 2.45) is 4.99 Å². The minimum absolute atomic E-state index is 0.517. The molecule has 0 aliphatic rings. The average molecular weight is 335 g/mol. The highest BCUT2D eigenvalue weighted by Crippen LogP contribution is 2.34. The monoisotopic (exact) mass is 335 g/mol. The Morgan fingerprint density at radius 1 is 1.22 bits per heavy atom. The lowest BCUT2D eigenvalue weighted by Gasteiger charge is -2.11. The van der Waals surface area contributed by atoms with Crippen LogP contribution in [-0.4, -0.2) is 35.2 Å². The van der Waals surface area contributed by atoms with Crippen LogP contribution in [0.2, 0.25) is 0 Å². The number of thioether (sulfide) groups is 1. The molecule has 2 heterocycles. The van der Waals surface area contributed by atoms with Crippen LogP contribution in [0.3, 0.4) is 0 Å². The topological polar surface area (TPSA) is 38.1 Å². The second-order valence-electron chi connectivity index (χ2n) is 4.87. The third kappa shape index (κ3) is 3.44. The zero-order valence-corrected chi connectivity index (χ0v) is 12.9. The lowest BCUT2D eigenvalue weighted by atomic mass is 10.1. The van der Waals surface area contributed by atoms with E-state index in [-0.39, 0.29) is 0 Å². The summed E-state index contributed by atoms with van der Waals surface area (Å²) in [6.45, 7) is 0. The molecule has 7 heteroatoms. The molecule has 3 rings (SSSR count). The van der Waals surface area contributed by atoms with Crippen LogP contribution in [0.4, 0.5) is 13.2 Å². The Balaban J connectivity index is 2.23. The molecule has 118 valence electrons. The van der Waals surface area contributed by atoms with Gasteiger partial charge < -0.3 is 0 Å². The first-order chi connectivity index (χ1) is 11.0. The van der Waals surface area contributed by atoms with Crippen molar-refractivity contribution in [2.75, 3.05) is 12.8 Å². The van der Waals surface area contributed by atoms with Crippen molar-refractivity contribution in [3.05, 3.63) is 42.2 Å². The van der Waals surface area contributed by atoms with Crippen LogP contribution in [0, 0.1) is 0 Å². The van der Waals surface area contributed by atoms with E-state index in [2.05, 4.69) is 15.0 Å². The van der Waals surface area contributed by atoms with Crippen molar-refractivity contribution in [1.82, 2.24) is 9.97 Å². The van der Waals surface area contributed by atoms with Crippen molar-refractivity contribution in [1.29, 1.82) is 0 Å². The minimum atomic E-state index is -4.23. The van der Waals surface area contributed by atoms with Gasteiger partial charge in [-0.1, -0.05) is 18.2 Å². The van der Waals surface area contributed by atoms with Crippen LogP contribution < -0.4 is 0 Å². The number of hydrogen-bond acceptors (Lipinski definition) is 4. The van der Waals surface area contributed by atoms with Gasteiger partial charge in [-0.25, -0.2) is 4.98 Å². The van der Waals surface area contributed by atoms with Gasteiger partial charge >= 0.3 is 6.18 Å². The Labute approximate surface area is 134 Å². The number of rotatable bonds is 3. The van der Waals surface area contributed by atoms with E-state index in [0.29, 0.717) is 27.0 Å². The molecule has 2 aromatic heterocycles. The number of fused-ring (bicyclic) bond motifs is 3. The molecule has 0 atom stereocenters. The first-order valence-corrected chi connectivity index (χ1v) is 7.77. The van der Waals surface area contributed by atoms with E-state index in [9.17, 15) is 13.2 Å². The number of halogens is 3. The van der Waals surface area contributed by atoms with Crippen LogP contribution >= 0.6 is 11.8 Å². The fraction of sp³-hybridized carbons (Fsp3) is 0.188. The summed E-state index contributed by atoms with van der Waals surface area (Å²) in [5, 5.41) is 1.56. The molecule has 0 radical (unpaired) electrons. The molecule has 0 spiro atoms. The summed E-state index contributed by atoms with van der Waals surface area (Å²) in [5.41, 5.74) is 1.78. The summed E-state index contributed by atoms with van der Waals surface area (Å²) < 4.78 is 37.7. The molecular formula is C16H12F3N3S. The number of aliphatic imine (C=N–C) groups is 1. The molecule has 0 aliphatic carbocycles. The van der Waals surface area contributed by atoms with Crippen LogP contribution in [0.25, 0.3) is 21.8 Å². The van der Waals surface area contributed by atoms with Gasteiger partial charge in [0.05, 0.1) is 22.5 Å². The fourth-order valence-electron chi connectivity index (χ4n) is 2.29. The van der Waals surface area contributed by atoms with Crippen LogP contribution in [0.1, 0.15) is 5.69 Å². The van der Waals surface area contributed by atoms with Gasteiger partial charge in [0, 0.05) is 35.1 Å². The maximum absolute atomic E-state index is 12.6. The molecule has 0 unspecified atom stereocenters. The summed E-state index contributed by atoms with van der Waals surface area (Å²) in [5.74, 6) is -0.949. The molecular weight excluding hydrogens is 323 g/mol. The first kappa shape index (κ1) is 15.7. The Hall–Kier alpha value is -2.15. The molecule has 0 bridgehead atoms. The van der Waals surface area contributed by atoms with Gasteiger partial charge in [-0.2, -0.15) is 13.2 Å². The summed E-state index contributed by atoms with van der Waals surface area (Å²) in [4.78, 5) is 13.2. The highest BCUT2D eigenvalue weighted by atomic mass is 32.2. The van der Waals surface area contributed by atoms with Crippen molar-refractivity contribution >= 4 is 39.8 Å². The average Bonchev–Trinajstić information content (AvgIpc) is 2.52.